The quantitative estimate of drug-likeness (QED) is 0.648. The molecule has 29 heavy (non-hydrogen) atoms. The lowest BCUT2D eigenvalue weighted by molar-refractivity contribution is 0.190. The van der Waals surface area contributed by atoms with E-state index in [2.05, 4.69) is 4.90 Å². The van der Waals surface area contributed by atoms with Crippen LogP contribution in [0, 0.1) is 13.8 Å². The summed E-state index contributed by atoms with van der Waals surface area (Å²) >= 11 is 6.37. The third-order valence-corrected chi connectivity index (χ3v) is 5.65. The highest BCUT2D eigenvalue weighted by Crippen LogP contribution is 2.30. The van der Waals surface area contributed by atoms with Crippen molar-refractivity contribution in [3.8, 4) is 5.75 Å². The van der Waals surface area contributed by atoms with Crippen molar-refractivity contribution < 1.29 is 4.74 Å². The Kier molecular flexibility index (Phi) is 5.30. The number of benzene rings is 2. The fourth-order valence-electron chi connectivity index (χ4n) is 3.51. The van der Waals surface area contributed by atoms with E-state index in [1.165, 1.54) is 0 Å². The van der Waals surface area contributed by atoms with E-state index in [0.717, 1.165) is 27.7 Å². The Morgan fingerprint density at radius 1 is 1.07 bits per heavy atom. The van der Waals surface area contributed by atoms with Gasteiger partial charge in [0, 0.05) is 28.5 Å². The molecule has 0 saturated carbocycles. The van der Waals surface area contributed by atoms with E-state index in [1.807, 2.05) is 67.3 Å². The molecule has 6 nitrogen and oxygen atoms in total. The van der Waals surface area contributed by atoms with Crippen LogP contribution < -0.4 is 15.2 Å². The average molecular weight is 411 g/mol. The first-order valence-corrected chi connectivity index (χ1v) is 9.81. The van der Waals surface area contributed by atoms with Gasteiger partial charge in [-0.1, -0.05) is 29.8 Å². The minimum absolute atomic E-state index is 0.0186. The van der Waals surface area contributed by atoms with E-state index in [1.54, 1.807) is 11.7 Å². The molecule has 2 aromatic carbocycles. The van der Waals surface area contributed by atoms with E-state index in [4.69, 9.17) is 21.3 Å². The Hall–Kier alpha value is -2.83. The van der Waals surface area contributed by atoms with Crippen molar-refractivity contribution in [1.82, 2.24) is 14.5 Å². The van der Waals surface area contributed by atoms with Crippen LogP contribution in [0.25, 0.3) is 0 Å². The lowest BCUT2D eigenvalue weighted by atomic mass is 10.2. The van der Waals surface area contributed by atoms with Gasteiger partial charge in [-0.15, -0.1) is 0 Å². The summed E-state index contributed by atoms with van der Waals surface area (Å²) in [6, 6.07) is 15.6. The number of anilines is 2. The van der Waals surface area contributed by atoms with E-state index >= 15 is 0 Å². The summed E-state index contributed by atoms with van der Waals surface area (Å²) in [5.41, 5.74) is 3.37. The molecule has 0 amide bonds. The number of hydrogen-bond acceptors (Lipinski definition) is 5. The Bertz CT molecular complexity index is 1090. The van der Waals surface area contributed by atoms with Gasteiger partial charge in [-0.2, -0.15) is 0 Å². The first kappa shape index (κ1) is 19.5. The predicted molar refractivity (Wildman–Crippen MR) is 115 cm³/mol. The molecule has 0 saturated heterocycles. The van der Waals surface area contributed by atoms with Crippen molar-refractivity contribution in [3.05, 3.63) is 80.7 Å². The second-order valence-corrected chi connectivity index (χ2v) is 7.59. The van der Waals surface area contributed by atoms with Crippen LogP contribution in [0.4, 0.5) is 11.6 Å². The standard InChI is InChI=1S/C22H23ClN4O2/c1-15-16(2)24-22-26(18-8-10-19(29-3)11-9-18)13-25(14-27(22)21(15)28)12-17-6-4-5-7-20(17)23/h4-11H,12-14H2,1-3H3. The van der Waals surface area contributed by atoms with Crippen molar-refractivity contribution >= 4 is 23.2 Å². The van der Waals surface area contributed by atoms with Crippen molar-refractivity contribution in [3.63, 3.8) is 0 Å². The van der Waals surface area contributed by atoms with Gasteiger partial charge in [0.05, 0.1) is 20.4 Å². The van der Waals surface area contributed by atoms with Crippen LogP contribution in [0.15, 0.2) is 53.3 Å². The van der Waals surface area contributed by atoms with E-state index < -0.39 is 0 Å². The van der Waals surface area contributed by atoms with Gasteiger partial charge in [-0.05, 0) is 49.7 Å². The molecule has 1 aromatic heterocycles. The van der Waals surface area contributed by atoms with Gasteiger partial charge in [0.25, 0.3) is 5.56 Å². The summed E-state index contributed by atoms with van der Waals surface area (Å²) in [6.07, 6.45) is 0. The van der Waals surface area contributed by atoms with Crippen molar-refractivity contribution in [2.75, 3.05) is 18.7 Å². The minimum atomic E-state index is -0.0186. The fraction of sp³-hybridized carbons (Fsp3) is 0.273. The third kappa shape index (κ3) is 3.73. The molecule has 0 N–H and O–H groups in total. The maximum atomic E-state index is 13.0. The molecular weight excluding hydrogens is 388 g/mol. The number of fused-ring (bicyclic) bond motifs is 1. The van der Waals surface area contributed by atoms with Crippen LogP contribution in [-0.4, -0.2) is 28.2 Å². The predicted octanol–water partition coefficient (Wildman–Crippen LogP) is 4.09. The minimum Gasteiger partial charge on any atom is -0.497 e. The zero-order chi connectivity index (χ0) is 20.5. The number of aryl methyl sites for hydroxylation is 1. The summed E-state index contributed by atoms with van der Waals surface area (Å²) in [5, 5.41) is 0.722. The Morgan fingerprint density at radius 2 is 1.79 bits per heavy atom. The third-order valence-electron chi connectivity index (χ3n) is 5.28. The smallest absolute Gasteiger partial charge is 0.259 e. The molecule has 1 aliphatic heterocycles. The van der Waals surface area contributed by atoms with Gasteiger partial charge in [-0.25, -0.2) is 4.98 Å². The topological polar surface area (TPSA) is 50.6 Å². The highest BCUT2D eigenvalue weighted by atomic mass is 35.5. The molecule has 0 radical (unpaired) electrons. The summed E-state index contributed by atoms with van der Waals surface area (Å²) in [5.74, 6) is 1.43. The van der Waals surface area contributed by atoms with Crippen molar-refractivity contribution in [2.45, 2.75) is 27.1 Å². The van der Waals surface area contributed by atoms with Crippen molar-refractivity contribution in [1.29, 1.82) is 0 Å². The number of halogens is 1. The summed E-state index contributed by atoms with van der Waals surface area (Å²) in [7, 11) is 1.64. The molecule has 3 aromatic rings. The Labute approximate surface area is 174 Å². The van der Waals surface area contributed by atoms with Crippen LogP contribution in [0.2, 0.25) is 5.02 Å². The van der Waals surface area contributed by atoms with E-state index in [9.17, 15) is 4.79 Å². The second kappa shape index (κ2) is 7.89. The van der Waals surface area contributed by atoms with Gasteiger partial charge in [0.15, 0.2) is 0 Å². The molecule has 4 rings (SSSR count). The summed E-state index contributed by atoms with van der Waals surface area (Å²) in [4.78, 5) is 22.0. The first-order valence-electron chi connectivity index (χ1n) is 9.43. The molecule has 0 bridgehead atoms. The molecule has 7 heteroatoms. The van der Waals surface area contributed by atoms with Gasteiger partial charge in [0.1, 0.15) is 5.75 Å². The average Bonchev–Trinajstić information content (AvgIpc) is 2.74. The maximum absolute atomic E-state index is 13.0. The zero-order valence-electron chi connectivity index (χ0n) is 16.7. The molecule has 2 heterocycles. The van der Waals surface area contributed by atoms with Crippen LogP contribution in [-0.2, 0) is 13.2 Å². The van der Waals surface area contributed by atoms with E-state index in [0.29, 0.717) is 31.4 Å². The molecule has 0 unspecified atom stereocenters. The molecule has 0 fully saturated rings. The van der Waals surface area contributed by atoms with Gasteiger partial charge in [-0.3, -0.25) is 19.2 Å². The van der Waals surface area contributed by atoms with Crippen molar-refractivity contribution in [2.24, 2.45) is 0 Å². The number of aromatic nitrogens is 2. The second-order valence-electron chi connectivity index (χ2n) is 7.18. The highest BCUT2D eigenvalue weighted by molar-refractivity contribution is 6.31. The zero-order valence-corrected chi connectivity index (χ0v) is 17.5. The number of methoxy groups -OCH3 is 1. The van der Waals surface area contributed by atoms with Gasteiger partial charge in [0.2, 0.25) is 5.95 Å². The van der Waals surface area contributed by atoms with Gasteiger partial charge >= 0.3 is 0 Å². The molecule has 0 aliphatic carbocycles. The largest absolute Gasteiger partial charge is 0.497 e. The van der Waals surface area contributed by atoms with Crippen LogP contribution in [0.1, 0.15) is 16.8 Å². The molecule has 1 aliphatic rings. The maximum Gasteiger partial charge on any atom is 0.259 e. The highest BCUT2D eigenvalue weighted by Gasteiger charge is 2.27. The fourth-order valence-corrected chi connectivity index (χ4v) is 3.71. The van der Waals surface area contributed by atoms with Gasteiger partial charge < -0.3 is 4.74 Å². The first-order chi connectivity index (χ1) is 14.0. The van der Waals surface area contributed by atoms with Crippen LogP contribution in [0.5, 0.6) is 5.75 Å². The normalized spacial score (nSPS) is 14.0. The lowest BCUT2D eigenvalue weighted by Crippen LogP contribution is -2.47. The summed E-state index contributed by atoms with van der Waals surface area (Å²) in [6.45, 7) is 5.38. The lowest BCUT2D eigenvalue weighted by Gasteiger charge is -2.38. The number of ether oxygens (including phenoxy) is 1. The number of rotatable bonds is 4. The van der Waals surface area contributed by atoms with Crippen LogP contribution in [0.3, 0.4) is 0 Å². The molecule has 0 spiro atoms. The number of nitrogens with zero attached hydrogens (tertiary/aromatic N) is 4. The summed E-state index contributed by atoms with van der Waals surface area (Å²) < 4.78 is 7.01. The number of hydrogen-bond donors (Lipinski definition) is 0. The SMILES string of the molecule is COc1ccc(N2CN(Cc3ccccc3Cl)Cn3c2nc(C)c(C)c3=O)cc1. The Balaban J connectivity index is 1.77. The monoisotopic (exact) mass is 410 g/mol. The molecule has 150 valence electrons. The molecule has 0 atom stereocenters. The Morgan fingerprint density at radius 3 is 2.48 bits per heavy atom. The molecular formula is C22H23ClN4O2. The van der Waals surface area contributed by atoms with E-state index in [-0.39, 0.29) is 5.56 Å². The van der Waals surface area contributed by atoms with Crippen LogP contribution >= 0.6 is 11.6 Å².